The van der Waals surface area contributed by atoms with E-state index in [9.17, 15) is 18.0 Å². The summed E-state index contributed by atoms with van der Waals surface area (Å²) in [6.07, 6.45) is 0.416. The molecule has 0 saturated carbocycles. The molecule has 0 aromatic heterocycles. The van der Waals surface area contributed by atoms with Gasteiger partial charge < -0.3 is 5.32 Å². The highest BCUT2D eigenvalue weighted by atomic mass is 32.2. The first kappa shape index (κ1) is 23.6. The number of hydrogen-bond acceptors (Lipinski definition) is 5. The minimum absolute atomic E-state index is 0.0361. The van der Waals surface area contributed by atoms with Crippen LogP contribution >= 0.6 is 0 Å². The zero-order valence-electron chi connectivity index (χ0n) is 18.7. The minimum atomic E-state index is -3.68. The van der Waals surface area contributed by atoms with Gasteiger partial charge in [-0.1, -0.05) is 24.3 Å². The molecule has 2 aromatic carbocycles. The Labute approximate surface area is 188 Å². The number of hydrazone groups is 1. The van der Waals surface area contributed by atoms with Gasteiger partial charge in [0.2, 0.25) is 15.9 Å². The van der Waals surface area contributed by atoms with Crippen LogP contribution in [0.25, 0.3) is 0 Å². The number of hydrogen-bond donors (Lipinski definition) is 2. The Morgan fingerprint density at radius 3 is 2.34 bits per heavy atom. The smallest absolute Gasteiger partial charge is 0.267 e. The van der Waals surface area contributed by atoms with Gasteiger partial charge in [0.1, 0.15) is 5.71 Å². The van der Waals surface area contributed by atoms with Gasteiger partial charge in [-0.2, -0.15) is 5.10 Å². The first-order valence-electron chi connectivity index (χ1n) is 10.4. The van der Waals surface area contributed by atoms with E-state index < -0.39 is 15.9 Å². The molecule has 0 saturated heterocycles. The van der Waals surface area contributed by atoms with Gasteiger partial charge >= 0.3 is 0 Å². The number of nitrogens with one attached hydrogen (secondary N) is 2. The van der Waals surface area contributed by atoms with E-state index >= 15 is 0 Å². The number of anilines is 1. The molecule has 0 aliphatic carbocycles. The molecule has 1 heterocycles. The average Bonchev–Trinajstić information content (AvgIpc) is 2.75. The third-order valence-electron chi connectivity index (χ3n) is 5.22. The number of sulfonamides is 1. The van der Waals surface area contributed by atoms with E-state index in [-0.39, 0.29) is 42.4 Å². The highest BCUT2D eigenvalue weighted by molar-refractivity contribution is 7.89. The lowest BCUT2D eigenvalue weighted by Gasteiger charge is -2.24. The van der Waals surface area contributed by atoms with Gasteiger partial charge in [-0.15, -0.1) is 0 Å². The molecule has 2 N–H and O–H groups in total. The second kappa shape index (κ2) is 9.62. The average molecular weight is 457 g/mol. The van der Waals surface area contributed by atoms with E-state index in [2.05, 4.69) is 15.1 Å². The van der Waals surface area contributed by atoms with E-state index in [0.29, 0.717) is 11.3 Å². The molecule has 0 fully saturated rings. The Morgan fingerprint density at radius 2 is 1.62 bits per heavy atom. The Morgan fingerprint density at radius 1 is 0.969 bits per heavy atom. The van der Waals surface area contributed by atoms with E-state index in [1.807, 2.05) is 45.0 Å². The number of rotatable bonds is 7. The molecule has 2 amide bonds. The fraction of sp³-hybridized carbons (Fsp3) is 0.348. The van der Waals surface area contributed by atoms with E-state index in [4.69, 9.17) is 0 Å². The first-order chi connectivity index (χ1) is 15.1. The molecule has 0 unspecified atom stereocenters. The number of aryl methyl sites for hydroxylation is 4. The molecule has 1 aliphatic heterocycles. The van der Waals surface area contributed by atoms with Crippen LogP contribution < -0.4 is 15.0 Å². The van der Waals surface area contributed by atoms with Crippen molar-refractivity contribution in [1.29, 1.82) is 0 Å². The normalized spacial score (nSPS) is 14.3. The standard InChI is InChI=1S/C23H28N4O4S/c1-15-5-7-17(3)20(13-15)27-22(28)10-9-19(26-27)23(29)24-11-12-25-32(30,31)21-14-16(2)6-8-18(21)4/h5-8,13-14,25H,9-12H2,1-4H3,(H,24,29). The van der Waals surface area contributed by atoms with Crippen LogP contribution in [0.4, 0.5) is 5.69 Å². The van der Waals surface area contributed by atoms with E-state index in [0.717, 1.165) is 16.7 Å². The molecule has 8 nitrogen and oxygen atoms in total. The predicted octanol–water partition coefficient (Wildman–Crippen LogP) is 2.50. The predicted molar refractivity (Wildman–Crippen MR) is 124 cm³/mol. The van der Waals surface area contributed by atoms with Crippen molar-refractivity contribution >= 4 is 33.2 Å². The summed E-state index contributed by atoms with van der Waals surface area (Å²) in [5.41, 5.74) is 4.27. The summed E-state index contributed by atoms with van der Waals surface area (Å²) in [6.45, 7) is 7.51. The zero-order chi connectivity index (χ0) is 23.5. The number of nitrogens with zero attached hydrogens (tertiary/aromatic N) is 2. The van der Waals surface area contributed by atoms with Crippen molar-refractivity contribution in [1.82, 2.24) is 10.0 Å². The molecule has 2 aromatic rings. The summed E-state index contributed by atoms with van der Waals surface area (Å²) in [5, 5.41) is 8.24. The summed E-state index contributed by atoms with van der Waals surface area (Å²) in [7, 11) is -3.68. The van der Waals surface area contributed by atoms with Crippen molar-refractivity contribution < 1.29 is 18.0 Å². The van der Waals surface area contributed by atoms with Crippen LogP contribution in [-0.2, 0) is 19.6 Å². The second-order valence-corrected chi connectivity index (χ2v) is 9.70. The number of carbonyl (C=O) groups excluding carboxylic acids is 2. The lowest BCUT2D eigenvalue weighted by molar-refractivity contribution is -0.119. The monoisotopic (exact) mass is 456 g/mol. The fourth-order valence-corrected chi connectivity index (χ4v) is 4.75. The molecule has 0 radical (unpaired) electrons. The molecule has 0 spiro atoms. The highest BCUT2D eigenvalue weighted by Gasteiger charge is 2.26. The maximum Gasteiger partial charge on any atom is 0.267 e. The molecular formula is C23H28N4O4S. The van der Waals surface area contributed by atoms with Crippen LogP contribution in [-0.4, -0.2) is 39.0 Å². The quantitative estimate of drug-likeness (QED) is 0.624. The molecule has 170 valence electrons. The fourth-order valence-electron chi connectivity index (χ4n) is 3.39. The third-order valence-corrected chi connectivity index (χ3v) is 6.83. The van der Waals surface area contributed by atoms with Crippen molar-refractivity contribution in [2.75, 3.05) is 18.1 Å². The molecule has 0 bridgehead atoms. The van der Waals surface area contributed by atoms with Crippen LogP contribution in [0.2, 0.25) is 0 Å². The molecular weight excluding hydrogens is 428 g/mol. The minimum Gasteiger partial charge on any atom is -0.350 e. The van der Waals surface area contributed by atoms with Crippen molar-refractivity contribution in [3.8, 4) is 0 Å². The SMILES string of the molecule is Cc1ccc(C)c(N2N=C(C(=O)NCCNS(=O)(=O)c3cc(C)ccc3C)CCC2=O)c1. The Kier molecular flexibility index (Phi) is 7.10. The second-order valence-electron chi connectivity index (χ2n) is 7.96. The topological polar surface area (TPSA) is 108 Å². The van der Waals surface area contributed by atoms with Crippen LogP contribution in [0.3, 0.4) is 0 Å². The zero-order valence-corrected chi connectivity index (χ0v) is 19.5. The summed E-state index contributed by atoms with van der Waals surface area (Å²) >= 11 is 0. The van der Waals surface area contributed by atoms with E-state index in [1.165, 1.54) is 5.01 Å². The Balaban J connectivity index is 1.63. The highest BCUT2D eigenvalue weighted by Crippen LogP contribution is 2.25. The Bertz CT molecular complexity index is 1190. The van der Waals surface area contributed by atoms with Crippen LogP contribution in [0.1, 0.15) is 35.1 Å². The van der Waals surface area contributed by atoms with Gasteiger partial charge in [0.05, 0.1) is 10.6 Å². The van der Waals surface area contributed by atoms with E-state index in [1.54, 1.807) is 19.1 Å². The van der Waals surface area contributed by atoms with Crippen LogP contribution in [0, 0.1) is 27.7 Å². The van der Waals surface area contributed by atoms with Gasteiger partial charge in [0.25, 0.3) is 5.91 Å². The van der Waals surface area contributed by atoms with Crippen LogP contribution in [0.15, 0.2) is 46.4 Å². The van der Waals surface area contributed by atoms with Gasteiger partial charge in [0.15, 0.2) is 0 Å². The largest absolute Gasteiger partial charge is 0.350 e. The summed E-state index contributed by atoms with van der Waals surface area (Å²) in [6, 6.07) is 10.9. The first-order valence-corrected chi connectivity index (χ1v) is 11.9. The lowest BCUT2D eigenvalue weighted by atomic mass is 10.1. The van der Waals surface area contributed by atoms with Crippen molar-refractivity contribution in [3.63, 3.8) is 0 Å². The molecule has 1 aliphatic rings. The summed E-state index contributed by atoms with van der Waals surface area (Å²) in [5.74, 6) is -0.588. The van der Waals surface area contributed by atoms with Crippen molar-refractivity contribution in [3.05, 3.63) is 58.7 Å². The van der Waals surface area contributed by atoms with Gasteiger partial charge in [-0.25, -0.2) is 18.1 Å². The molecule has 32 heavy (non-hydrogen) atoms. The summed E-state index contributed by atoms with van der Waals surface area (Å²) < 4.78 is 27.6. The maximum absolute atomic E-state index is 12.6. The third kappa shape index (κ3) is 5.41. The molecule has 3 rings (SSSR count). The van der Waals surface area contributed by atoms with Gasteiger partial charge in [0, 0.05) is 25.9 Å². The number of carbonyl (C=O) groups is 2. The molecule has 0 atom stereocenters. The molecule has 9 heteroatoms. The van der Waals surface area contributed by atoms with Crippen molar-refractivity contribution in [2.24, 2.45) is 5.10 Å². The Hall–Kier alpha value is -3.04. The number of benzene rings is 2. The van der Waals surface area contributed by atoms with Crippen molar-refractivity contribution in [2.45, 2.75) is 45.4 Å². The van der Waals surface area contributed by atoms with Crippen LogP contribution in [0.5, 0.6) is 0 Å². The van der Waals surface area contributed by atoms with Gasteiger partial charge in [-0.3, -0.25) is 9.59 Å². The maximum atomic E-state index is 12.6. The lowest BCUT2D eigenvalue weighted by Crippen LogP contribution is -2.41. The van der Waals surface area contributed by atoms with Gasteiger partial charge in [-0.05, 0) is 62.1 Å². The number of amides is 2. The summed E-state index contributed by atoms with van der Waals surface area (Å²) in [4.78, 5) is 25.2.